The van der Waals surface area contributed by atoms with Crippen molar-refractivity contribution < 1.29 is 0 Å². The van der Waals surface area contributed by atoms with Crippen molar-refractivity contribution in [2.75, 3.05) is 17.7 Å². The van der Waals surface area contributed by atoms with Crippen LogP contribution in [0.1, 0.15) is 13.8 Å². The molecule has 1 N–H and O–H groups in total. The van der Waals surface area contributed by atoms with E-state index in [1.807, 2.05) is 18.3 Å². The second-order valence-electron chi connectivity index (χ2n) is 4.60. The van der Waals surface area contributed by atoms with Crippen LogP contribution in [0.3, 0.4) is 0 Å². The van der Waals surface area contributed by atoms with Crippen molar-refractivity contribution in [3.8, 4) is 0 Å². The fourth-order valence-electron chi connectivity index (χ4n) is 1.29. The predicted molar refractivity (Wildman–Crippen MR) is 66.0 cm³/mol. The summed E-state index contributed by atoms with van der Waals surface area (Å²) in [6.07, 6.45) is 3.62. The minimum Gasteiger partial charge on any atom is -0.369 e. The van der Waals surface area contributed by atoms with Crippen LogP contribution in [0.2, 0.25) is 0 Å². The summed E-state index contributed by atoms with van der Waals surface area (Å²) in [4.78, 5) is 4.42. The number of nitrogens with zero attached hydrogens (tertiary/aromatic N) is 3. The van der Waals surface area contributed by atoms with Crippen LogP contribution < -0.4 is 5.32 Å². The zero-order valence-corrected chi connectivity index (χ0v) is 10.2. The van der Waals surface area contributed by atoms with Crippen LogP contribution in [0.5, 0.6) is 0 Å². The van der Waals surface area contributed by atoms with E-state index in [1.165, 1.54) is 0 Å². The molecule has 0 aliphatic rings. The number of hydrogen-bond donors (Lipinski definition) is 1. The van der Waals surface area contributed by atoms with E-state index in [0.717, 1.165) is 18.0 Å². The van der Waals surface area contributed by atoms with Gasteiger partial charge in [-0.25, -0.2) is 9.50 Å². The predicted octanol–water partition coefficient (Wildman–Crippen LogP) is 2.41. The third kappa shape index (κ3) is 2.44. The van der Waals surface area contributed by atoms with Crippen molar-refractivity contribution in [1.29, 1.82) is 0 Å². The fourth-order valence-corrected chi connectivity index (χ4v) is 1.38. The first-order chi connectivity index (χ1) is 7.61. The summed E-state index contributed by atoms with van der Waals surface area (Å²) in [7, 11) is 0. The number of fused-ring (bicyclic) bond motifs is 1. The van der Waals surface area contributed by atoms with Gasteiger partial charge in [0.1, 0.15) is 5.82 Å². The Morgan fingerprint density at radius 3 is 3.00 bits per heavy atom. The second-order valence-corrected chi connectivity index (χ2v) is 4.87. The molecule has 0 spiro atoms. The van der Waals surface area contributed by atoms with Crippen LogP contribution in [0.4, 0.5) is 5.82 Å². The average molecular weight is 239 g/mol. The lowest BCUT2D eigenvalue weighted by Gasteiger charge is -2.21. The topological polar surface area (TPSA) is 42.2 Å². The van der Waals surface area contributed by atoms with E-state index in [4.69, 9.17) is 11.6 Å². The smallest absolute Gasteiger partial charge is 0.157 e. The molecular weight excluding hydrogens is 224 g/mol. The lowest BCUT2D eigenvalue weighted by atomic mass is 9.97. The van der Waals surface area contributed by atoms with E-state index >= 15 is 0 Å². The molecule has 86 valence electrons. The molecule has 0 fully saturated rings. The maximum absolute atomic E-state index is 5.86. The lowest BCUT2D eigenvalue weighted by molar-refractivity contribution is 0.449. The van der Waals surface area contributed by atoms with Gasteiger partial charge < -0.3 is 5.32 Å². The molecule has 2 aromatic heterocycles. The van der Waals surface area contributed by atoms with Gasteiger partial charge in [0.2, 0.25) is 0 Å². The van der Waals surface area contributed by atoms with Crippen molar-refractivity contribution in [1.82, 2.24) is 14.6 Å². The van der Waals surface area contributed by atoms with Gasteiger partial charge in [0.05, 0.1) is 6.20 Å². The monoisotopic (exact) mass is 238 g/mol. The van der Waals surface area contributed by atoms with E-state index < -0.39 is 0 Å². The molecule has 0 aliphatic carbocycles. The van der Waals surface area contributed by atoms with Crippen LogP contribution in [0.25, 0.3) is 5.65 Å². The third-order valence-electron chi connectivity index (χ3n) is 2.37. The molecule has 0 amide bonds. The summed E-state index contributed by atoms with van der Waals surface area (Å²) in [5, 5.41) is 7.37. The van der Waals surface area contributed by atoms with E-state index in [-0.39, 0.29) is 5.41 Å². The van der Waals surface area contributed by atoms with Gasteiger partial charge in [0, 0.05) is 24.7 Å². The van der Waals surface area contributed by atoms with E-state index in [9.17, 15) is 0 Å². The van der Waals surface area contributed by atoms with E-state index in [2.05, 4.69) is 29.2 Å². The standard InChI is InChI=1S/C11H15ClN4/c1-11(2,7-12)8-13-9-4-6-16-10(15-9)3-5-14-16/h3-6H,7-8H2,1-2H3,(H,13,15). The molecular formula is C11H15ClN4. The third-order valence-corrected chi connectivity index (χ3v) is 3.09. The van der Waals surface area contributed by atoms with Crippen LogP contribution in [0.15, 0.2) is 24.5 Å². The van der Waals surface area contributed by atoms with E-state index in [1.54, 1.807) is 10.7 Å². The van der Waals surface area contributed by atoms with Crippen LogP contribution in [-0.4, -0.2) is 27.0 Å². The molecule has 0 saturated carbocycles. The van der Waals surface area contributed by atoms with Gasteiger partial charge in [-0.2, -0.15) is 5.10 Å². The molecule has 0 aromatic carbocycles. The highest BCUT2D eigenvalue weighted by Crippen LogP contribution is 2.17. The van der Waals surface area contributed by atoms with Gasteiger partial charge in [-0.1, -0.05) is 13.8 Å². The second kappa shape index (κ2) is 4.29. The summed E-state index contributed by atoms with van der Waals surface area (Å²) in [6.45, 7) is 5.03. The zero-order chi connectivity index (χ0) is 11.6. The molecule has 2 rings (SSSR count). The molecule has 0 unspecified atom stereocenters. The number of halogens is 1. The van der Waals surface area contributed by atoms with Crippen molar-refractivity contribution in [3.63, 3.8) is 0 Å². The Morgan fingerprint density at radius 2 is 2.25 bits per heavy atom. The maximum atomic E-state index is 5.86. The number of nitrogens with one attached hydrogen (secondary N) is 1. The van der Waals surface area contributed by atoms with E-state index in [0.29, 0.717) is 5.88 Å². The first-order valence-corrected chi connectivity index (χ1v) is 5.74. The molecule has 2 aromatic rings. The quantitative estimate of drug-likeness (QED) is 0.832. The Kier molecular flexibility index (Phi) is 3.01. The van der Waals surface area contributed by atoms with Gasteiger partial charge >= 0.3 is 0 Å². The molecule has 16 heavy (non-hydrogen) atoms. The van der Waals surface area contributed by atoms with Gasteiger partial charge in [-0.05, 0) is 11.5 Å². The van der Waals surface area contributed by atoms with Crippen LogP contribution in [-0.2, 0) is 0 Å². The highest BCUT2D eigenvalue weighted by Gasteiger charge is 2.15. The van der Waals surface area contributed by atoms with Crippen molar-refractivity contribution in [2.24, 2.45) is 5.41 Å². The minimum absolute atomic E-state index is 0.0651. The molecule has 5 heteroatoms. The van der Waals surface area contributed by atoms with Gasteiger partial charge in [0.15, 0.2) is 5.65 Å². The molecule has 2 heterocycles. The van der Waals surface area contributed by atoms with Crippen molar-refractivity contribution in [2.45, 2.75) is 13.8 Å². The molecule has 0 saturated heterocycles. The Balaban J connectivity index is 2.09. The highest BCUT2D eigenvalue weighted by molar-refractivity contribution is 6.18. The normalized spacial score (nSPS) is 11.9. The number of hydrogen-bond acceptors (Lipinski definition) is 3. The fraction of sp³-hybridized carbons (Fsp3) is 0.455. The molecule has 4 nitrogen and oxygen atoms in total. The Bertz CT molecular complexity index is 478. The number of aromatic nitrogens is 3. The lowest BCUT2D eigenvalue weighted by Crippen LogP contribution is -2.25. The molecule has 0 bridgehead atoms. The first-order valence-electron chi connectivity index (χ1n) is 5.21. The molecule has 0 radical (unpaired) electrons. The Morgan fingerprint density at radius 1 is 1.44 bits per heavy atom. The summed E-state index contributed by atoms with van der Waals surface area (Å²) < 4.78 is 1.73. The summed E-state index contributed by atoms with van der Waals surface area (Å²) in [5.41, 5.74) is 0.906. The van der Waals surface area contributed by atoms with Gasteiger partial charge in [0.25, 0.3) is 0 Å². The Labute approximate surface area is 99.6 Å². The van der Waals surface area contributed by atoms with Crippen LogP contribution >= 0.6 is 11.6 Å². The zero-order valence-electron chi connectivity index (χ0n) is 9.44. The van der Waals surface area contributed by atoms with Crippen LogP contribution in [0, 0.1) is 5.41 Å². The number of rotatable bonds is 4. The Hall–Kier alpha value is -1.29. The summed E-state index contributed by atoms with van der Waals surface area (Å²) in [5.74, 6) is 1.47. The highest BCUT2D eigenvalue weighted by atomic mass is 35.5. The summed E-state index contributed by atoms with van der Waals surface area (Å²) in [6, 6.07) is 3.78. The minimum atomic E-state index is 0.0651. The molecule has 0 atom stereocenters. The average Bonchev–Trinajstić information content (AvgIpc) is 2.73. The summed E-state index contributed by atoms with van der Waals surface area (Å²) >= 11 is 5.86. The van der Waals surface area contributed by atoms with Crippen molar-refractivity contribution >= 4 is 23.1 Å². The number of anilines is 1. The molecule has 0 aliphatic heterocycles. The SMILES string of the molecule is CC(C)(CCl)CNc1ccn2nccc2n1. The van der Waals surface area contributed by atoms with Crippen molar-refractivity contribution in [3.05, 3.63) is 24.5 Å². The van der Waals surface area contributed by atoms with Gasteiger partial charge in [-0.15, -0.1) is 11.6 Å². The number of alkyl halides is 1. The van der Waals surface area contributed by atoms with Gasteiger partial charge in [-0.3, -0.25) is 0 Å². The first kappa shape index (κ1) is 11.2. The largest absolute Gasteiger partial charge is 0.369 e. The maximum Gasteiger partial charge on any atom is 0.157 e.